The predicted molar refractivity (Wildman–Crippen MR) is 300 cm³/mol. The van der Waals surface area contributed by atoms with E-state index in [0.717, 1.165) is 33.6 Å². The number of rotatable bonds is 8. The Balaban J connectivity index is 1.12. The molecule has 2 aromatic heterocycles. The van der Waals surface area contributed by atoms with Gasteiger partial charge in [0.15, 0.2) is 0 Å². The molecule has 0 radical (unpaired) electrons. The summed E-state index contributed by atoms with van der Waals surface area (Å²) in [5, 5.41) is -0.394. The first-order chi connectivity index (χ1) is 41.6. The van der Waals surface area contributed by atoms with E-state index in [1.54, 1.807) is 39.0 Å². The zero-order valence-corrected chi connectivity index (χ0v) is 41.1. The molecular weight excluding hydrogens is 865 g/mol. The van der Waals surface area contributed by atoms with E-state index in [0.29, 0.717) is 16.9 Å². The first kappa shape index (κ1) is 29.3. The number of ether oxygens (including phenoxy) is 1. The molecular formula is C66H62N4O. The Kier molecular flexibility index (Phi) is 7.23. The second-order valence-electron chi connectivity index (χ2n) is 20.8. The van der Waals surface area contributed by atoms with Crippen molar-refractivity contribution in [1.82, 2.24) is 9.55 Å². The van der Waals surface area contributed by atoms with Crippen LogP contribution in [0.5, 0.6) is 11.5 Å². The Hall–Kier alpha value is -7.89. The number of pyridine rings is 1. The van der Waals surface area contributed by atoms with Gasteiger partial charge in [-0.15, -0.1) is 0 Å². The van der Waals surface area contributed by atoms with Gasteiger partial charge in [0.25, 0.3) is 0 Å². The van der Waals surface area contributed by atoms with Gasteiger partial charge in [-0.3, -0.25) is 4.57 Å². The van der Waals surface area contributed by atoms with Crippen molar-refractivity contribution in [2.75, 3.05) is 16.5 Å². The van der Waals surface area contributed by atoms with E-state index in [4.69, 9.17) is 18.4 Å². The van der Waals surface area contributed by atoms with Crippen LogP contribution in [0.15, 0.2) is 200 Å². The summed E-state index contributed by atoms with van der Waals surface area (Å²) in [7, 11) is 0. The van der Waals surface area contributed by atoms with Gasteiger partial charge in [-0.1, -0.05) is 171 Å². The third-order valence-electron chi connectivity index (χ3n) is 12.8. The van der Waals surface area contributed by atoms with Gasteiger partial charge in [0, 0.05) is 45.9 Å². The normalized spacial score (nSPS) is 16.6. The molecule has 8 aromatic carbocycles. The second-order valence-corrected chi connectivity index (χ2v) is 20.8. The highest BCUT2D eigenvalue weighted by molar-refractivity contribution is 6.11. The fraction of sp³-hybridized carbons (Fsp3) is 0.197. The molecule has 1 aliphatic heterocycles. The van der Waals surface area contributed by atoms with E-state index in [1.807, 2.05) is 53.4 Å². The zero-order chi connectivity index (χ0) is 64.9. The molecule has 0 saturated heterocycles. The summed E-state index contributed by atoms with van der Waals surface area (Å²) in [4.78, 5) is 8.51. The second kappa shape index (κ2) is 17.5. The molecule has 352 valence electrons. The summed E-state index contributed by atoms with van der Waals surface area (Å²) >= 11 is 0. The highest BCUT2D eigenvalue weighted by Crippen LogP contribution is 2.52. The van der Waals surface area contributed by atoms with Crippen molar-refractivity contribution < 1.29 is 29.4 Å². The molecule has 0 unspecified atom stereocenters. The molecule has 0 N–H and O–H groups in total. The Morgan fingerprint density at radius 1 is 0.479 bits per heavy atom. The van der Waals surface area contributed by atoms with E-state index in [1.165, 1.54) is 10.6 Å². The summed E-state index contributed by atoms with van der Waals surface area (Å²) in [5.74, 6) is -0.325. The third kappa shape index (κ3) is 8.65. The van der Waals surface area contributed by atoms with Crippen LogP contribution in [0.3, 0.4) is 0 Å². The van der Waals surface area contributed by atoms with Gasteiger partial charge in [-0.05, 0) is 128 Å². The molecule has 0 atom stereocenters. The van der Waals surface area contributed by atoms with Crippen LogP contribution >= 0.6 is 0 Å². The van der Waals surface area contributed by atoms with Crippen LogP contribution in [0, 0.1) is 0 Å². The Morgan fingerprint density at radius 3 is 1.85 bits per heavy atom. The van der Waals surface area contributed by atoms with Gasteiger partial charge in [-0.25, -0.2) is 4.98 Å². The zero-order valence-electron chi connectivity index (χ0n) is 59.1. The van der Waals surface area contributed by atoms with Crippen LogP contribution in [0.2, 0.25) is 0 Å². The van der Waals surface area contributed by atoms with E-state index < -0.39 is 107 Å². The predicted octanol–water partition coefficient (Wildman–Crippen LogP) is 18.1. The van der Waals surface area contributed by atoms with E-state index >= 15 is 0 Å². The van der Waals surface area contributed by atoms with Crippen molar-refractivity contribution in [1.29, 1.82) is 0 Å². The Labute approximate surface area is 444 Å². The minimum absolute atomic E-state index is 0.0399. The maximum atomic E-state index is 9.77. The summed E-state index contributed by atoms with van der Waals surface area (Å²) in [6.45, 7) is 18.0. The van der Waals surface area contributed by atoms with Crippen LogP contribution in [0.25, 0.3) is 61.0 Å². The molecule has 71 heavy (non-hydrogen) atoms. The van der Waals surface area contributed by atoms with Crippen molar-refractivity contribution in [2.24, 2.45) is 0 Å². The Morgan fingerprint density at radius 2 is 1.14 bits per heavy atom. The molecule has 1 aliphatic rings. The molecule has 0 fully saturated rings. The lowest BCUT2D eigenvalue weighted by molar-refractivity contribution is 0.483. The van der Waals surface area contributed by atoms with E-state index in [2.05, 4.69) is 69.6 Å². The van der Waals surface area contributed by atoms with Crippen LogP contribution in [-0.4, -0.2) is 16.2 Å². The highest BCUT2D eigenvalue weighted by Gasteiger charge is 2.33. The highest BCUT2D eigenvalue weighted by atomic mass is 16.5. The van der Waals surface area contributed by atoms with Crippen molar-refractivity contribution in [2.45, 2.75) is 78.6 Å². The molecule has 0 aliphatic carbocycles. The molecule has 0 bridgehead atoms. The van der Waals surface area contributed by atoms with Gasteiger partial charge < -0.3 is 14.5 Å². The van der Waals surface area contributed by atoms with Crippen LogP contribution in [0.4, 0.5) is 22.7 Å². The number of fused-ring (bicyclic) bond motifs is 4. The summed E-state index contributed by atoms with van der Waals surface area (Å²) < 4.78 is 171. The smallest absolute Gasteiger partial charge is 0.137 e. The molecule has 10 aromatic rings. The minimum atomic E-state index is -0.912. The largest absolute Gasteiger partial charge is 0.457 e. The molecule has 5 heteroatoms. The molecule has 11 rings (SSSR count). The minimum Gasteiger partial charge on any atom is -0.457 e. The van der Waals surface area contributed by atoms with Gasteiger partial charge >= 0.3 is 0 Å². The van der Waals surface area contributed by atoms with Crippen molar-refractivity contribution >= 4 is 44.6 Å². The quantitative estimate of drug-likeness (QED) is 0.152. The molecule has 0 amide bonds. The lowest BCUT2D eigenvalue weighted by atomic mass is 9.81. The van der Waals surface area contributed by atoms with Crippen LogP contribution in [-0.2, 0) is 16.2 Å². The maximum absolute atomic E-state index is 9.77. The maximum Gasteiger partial charge on any atom is 0.137 e. The number of benzene rings is 8. The number of nitrogens with zero attached hydrogens (tertiary/aromatic N) is 4. The fourth-order valence-electron chi connectivity index (χ4n) is 8.99. The third-order valence-corrected chi connectivity index (χ3v) is 12.8. The topological polar surface area (TPSA) is 33.5 Å². The first-order valence-electron chi connectivity index (χ1n) is 32.5. The number of aromatic nitrogens is 2. The van der Waals surface area contributed by atoms with Crippen molar-refractivity contribution in [3.8, 4) is 50.7 Å². The summed E-state index contributed by atoms with van der Waals surface area (Å²) in [6, 6.07) is 18.8. The van der Waals surface area contributed by atoms with Gasteiger partial charge in [0.1, 0.15) is 24.0 Å². The van der Waals surface area contributed by atoms with Crippen LogP contribution < -0.4 is 14.5 Å². The van der Waals surface area contributed by atoms with E-state index in [9.17, 15) is 11.0 Å². The number of hydrogen-bond donors (Lipinski definition) is 0. The van der Waals surface area contributed by atoms with Crippen molar-refractivity contribution in [3.05, 3.63) is 217 Å². The van der Waals surface area contributed by atoms with E-state index in [-0.39, 0.29) is 86.5 Å². The van der Waals surface area contributed by atoms with Gasteiger partial charge in [-0.2, -0.15) is 0 Å². The number of hydrogen-bond acceptors (Lipinski definition) is 4. The molecule has 5 nitrogen and oxygen atoms in total. The number of para-hydroxylation sites is 2. The van der Waals surface area contributed by atoms with Gasteiger partial charge in [0.05, 0.1) is 52.8 Å². The van der Waals surface area contributed by atoms with Crippen molar-refractivity contribution in [3.63, 3.8) is 0 Å². The van der Waals surface area contributed by atoms with Crippen LogP contribution in [0.1, 0.15) is 104 Å². The first-order valence-corrected chi connectivity index (χ1v) is 23.5. The van der Waals surface area contributed by atoms with Gasteiger partial charge in [0.2, 0.25) is 0 Å². The number of anilines is 4. The molecule has 0 spiro atoms. The average molecular weight is 945 g/mol. The summed E-state index contributed by atoms with van der Waals surface area (Å²) in [6.07, 6.45) is -0.535. The lowest BCUT2D eigenvalue weighted by Gasteiger charge is -2.30. The molecule has 3 heterocycles. The standard InChI is InChI=1S/C66H62N4O/c1-64(2,3)48-25-18-24-47(36-48)56-39-50(66(7,8)9)38-55(45-22-14-11-15-23-45)63(56)69-43-68(59-28-16-17-29-60(59)69)51-26-19-27-52(41-51)71-53-31-32-54-57-37-46(44-20-12-10-13-21-44)30-33-58(57)70(61(54)42-53)62-40-49(34-35-67-62)65(4,5)6/h10-42H,43H2,1-9H3/i10D,11D,12D,13D,14D,15D,20D,21D,22D,23D,30D,31D,32D,33D,34D,35D,37D,40D. The average Bonchev–Trinajstić information content (AvgIpc) is 1.60. The lowest BCUT2D eigenvalue weighted by Crippen LogP contribution is -2.25. The molecule has 0 saturated carbocycles. The fourth-order valence-corrected chi connectivity index (χ4v) is 8.99. The summed E-state index contributed by atoms with van der Waals surface area (Å²) in [5.41, 5.74) is 3.80. The Bertz CT molecular complexity index is 4630. The monoisotopic (exact) mass is 945 g/mol. The SMILES string of the molecule is [2H]c1nc(-n2c3cc(Oc4cccc(N5CN(c6c(-c7cccc(C(C)(C)C)c7)cc(C(C)(C)C)cc6-c6c([2H])c([2H])c([2H])c([2H])c6[2H])c6ccccc65)c4)c([2H])c([2H])c3c3c([2H])c(-c4c([2H])c([2H])c([2H])c([2H])c4[2H])c([2H])c([2H])c32)c([2H])c(C(C)(C)C)c1[2H].